The normalized spacial score (nSPS) is 11.1. The number of imidazole rings is 1. The van der Waals surface area contributed by atoms with Crippen molar-refractivity contribution in [3.63, 3.8) is 0 Å². The molecule has 0 spiro atoms. The predicted octanol–water partition coefficient (Wildman–Crippen LogP) is 2.21. The van der Waals surface area contributed by atoms with Crippen molar-refractivity contribution in [3.8, 4) is 11.1 Å². The fourth-order valence-electron chi connectivity index (χ4n) is 2.23. The lowest BCUT2D eigenvalue weighted by atomic mass is 10.1. The van der Waals surface area contributed by atoms with Gasteiger partial charge in [-0.1, -0.05) is 30.3 Å². The topological polar surface area (TPSA) is 56.2 Å². The van der Waals surface area contributed by atoms with Gasteiger partial charge >= 0.3 is 0 Å². The molecule has 96 valence electrons. The Morgan fingerprint density at radius 2 is 2.00 bits per heavy atom. The first kappa shape index (κ1) is 11.9. The van der Waals surface area contributed by atoms with Crippen molar-refractivity contribution in [1.29, 1.82) is 0 Å². The van der Waals surface area contributed by atoms with Gasteiger partial charge in [-0.05, 0) is 19.0 Å². The highest BCUT2D eigenvalue weighted by Crippen LogP contribution is 2.24. The quantitative estimate of drug-likeness (QED) is 0.777. The Morgan fingerprint density at radius 1 is 1.21 bits per heavy atom. The second-order valence-electron chi connectivity index (χ2n) is 4.55. The van der Waals surface area contributed by atoms with Crippen LogP contribution in [0.25, 0.3) is 16.8 Å². The van der Waals surface area contributed by atoms with Gasteiger partial charge in [-0.15, -0.1) is 0 Å². The van der Waals surface area contributed by atoms with Crippen LogP contribution in [0, 0.1) is 6.92 Å². The molecule has 0 fully saturated rings. The van der Waals surface area contributed by atoms with Crippen molar-refractivity contribution in [2.45, 2.75) is 13.3 Å². The number of hydrogen-bond acceptors (Lipinski definition) is 3. The van der Waals surface area contributed by atoms with Crippen molar-refractivity contribution in [2.75, 3.05) is 6.54 Å². The van der Waals surface area contributed by atoms with Gasteiger partial charge in [-0.3, -0.25) is 4.40 Å². The monoisotopic (exact) mass is 252 g/mol. The fraction of sp³-hybridized carbons (Fsp3) is 0.200. The summed E-state index contributed by atoms with van der Waals surface area (Å²) >= 11 is 0. The lowest BCUT2D eigenvalue weighted by molar-refractivity contribution is 0.933. The molecule has 0 amide bonds. The molecule has 0 saturated carbocycles. The van der Waals surface area contributed by atoms with E-state index < -0.39 is 0 Å². The number of nitrogens with two attached hydrogens (primary N) is 1. The van der Waals surface area contributed by atoms with E-state index in [1.54, 1.807) is 0 Å². The lowest BCUT2D eigenvalue weighted by Crippen LogP contribution is -2.02. The molecule has 4 heteroatoms. The average Bonchev–Trinajstić information content (AvgIpc) is 2.85. The summed E-state index contributed by atoms with van der Waals surface area (Å²) in [5, 5.41) is 0. The third kappa shape index (κ3) is 2.11. The van der Waals surface area contributed by atoms with Crippen molar-refractivity contribution >= 4 is 5.65 Å². The van der Waals surface area contributed by atoms with Crippen molar-refractivity contribution in [2.24, 2.45) is 5.73 Å². The highest BCUT2D eigenvalue weighted by molar-refractivity contribution is 5.77. The van der Waals surface area contributed by atoms with Crippen LogP contribution in [0.5, 0.6) is 0 Å². The maximum absolute atomic E-state index is 5.60. The molecule has 0 saturated heterocycles. The van der Waals surface area contributed by atoms with Crippen LogP contribution in [0.2, 0.25) is 0 Å². The van der Waals surface area contributed by atoms with Crippen molar-refractivity contribution in [3.05, 3.63) is 54.2 Å². The standard InChI is InChI=1S/C15H16N4/c1-11-17-9-14(12-5-3-2-4-6-12)15-18-13(7-8-16)10-19(11)15/h2-6,9-10H,7-8,16H2,1H3. The van der Waals surface area contributed by atoms with Gasteiger partial charge in [-0.2, -0.15) is 0 Å². The number of fused-ring (bicyclic) bond motifs is 1. The molecule has 0 radical (unpaired) electrons. The number of hydrogen-bond donors (Lipinski definition) is 1. The number of aryl methyl sites for hydroxylation is 1. The highest BCUT2D eigenvalue weighted by atomic mass is 15.1. The van der Waals surface area contributed by atoms with E-state index in [-0.39, 0.29) is 0 Å². The summed E-state index contributed by atoms with van der Waals surface area (Å²) < 4.78 is 2.04. The minimum Gasteiger partial charge on any atom is -0.330 e. The predicted molar refractivity (Wildman–Crippen MR) is 75.9 cm³/mol. The first-order chi connectivity index (χ1) is 9.29. The molecule has 0 unspecified atom stereocenters. The molecular formula is C15H16N4. The molecule has 1 aromatic carbocycles. The Hall–Kier alpha value is -2.20. The maximum atomic E-state index is 5.60. The van der Waals surface area contributed by atoms with E-state index in [1.165, 1.54) is 0 Å². The first-order valence-corrected chi connectivity index (χ1v) is 6.38. The largest absolute Gasteiger partial charge is 0.330 e. The molecule has 0 bridgehead atoms. The van der Waals surface area contributed by atoms with Gasteiger partial charge in [0.2, 0.25) is 0 Å². The van der Waals surface area contributed by atoms with Gasteiger partial charge in [0.05, 0.1) is 5.69 Å². The van der Waals surface area contributed by atoms with E-state index >= 15 is 0 Å². The summed E-state index contributed by atoms with van der Waals surface area (Å²) in [6.07, 6.45) is 4.70. The molecule has 3 rings (SSSR count). The second kappa shape index (κ2) is 4.82. The van der Waals surface area contributed by atoms with Gasteiger partial charge in [-0.25, -0.2) is 9.97 Å². The Bertz CT molecular complexity index is 701. The third-order valence-corrected chi connectivity index (χ3v) is 3.21. The van der Waals surface area contributed by atoms with Crippen LogP contribution in [0.3, 0.4) is 0 Å². The van der Waals surface area contributed by atoms with Crippen LogP contribution in [0.1, 0.15) is 11.5 Å². The fourth-order valence-corrected chi connectivity index (χ4v) is 2.23. The summed E-state index contributed by atoms with van der Waals surface area (Å²) in [4.78, 5) is 9.13. The smallest absolute Gasteiger partial charge is 0.147 e. The number of benzene rings is 1. The maximum Gasteiger partial charge on any atom is 0.147 e. The van der Waals surface area contributed by atoms with E-state index in [2.05, 4.69) is 22.1 Å². The molecule has 2 heterocycles. The molecule has 2 aromatic heterocycles. The van der Waals surface area contributed by atoms with Crippen LogP contribution in [-0.2, 0) is 6.42 Å². The Morgan fingerprint density at radius 3 is 2.74 bits per heavy atom. The second-order valence-corrected chi connectivity index (χ2v) is 4.55. The zero-order valence-corrected chi connectivity index (χ0v) is 10.9. The molecular weight excluding hydrogens is 236 g/mol. The Kier molecular flexibility index (Phi) is 3.01. The molecule has 3 aromatic rings. The van der Waals surface area contributed by atoms with Gasteiger partial charge in [0, 0.05) is 24.4 Å². The van der Waals surface area contributed by atoms with E-state index in [0.717, 1.165) is 34.7 Å². The first-order valence-electron chi connectivity index (χ1n) is 6.38. The van der Waals surface area contributed by atoms with Crippen LogP contribution in [0.4, 0.5) is 0 Å². The van der Waals surface area contributed by atoms with E-state index in [1.807, 2.05) is 41.9 Å². The van der Waals surface area contributed by atoms with Crippen LogP contribution < -0.4 is 5.73 Å². The average molecular weight is 252 g/mol. The minimum absolute atomic E-state index is 0.608. The van der Waals surface area contributed by atoms with Crippen molar-refractivity contribution in [1.82, 2.24) is 14.4 Å². The summed E-state index contributed by atoms with van der Waals surface area (Å²) in [6, 6.07) is 10.2. The molecule has 19 heavy (non-hydrogen) atoms. The molecule has 0 atom stereocenters. The van der Waals surface area contributed by atoms with Gasteiger partial charge in [0.25, 0.3) is 0 Å². The molecule has 0 aliphatic carbocycles. The van der Waals surface area contributed by atoms with Crippen LogP contribution >= 0.6 is 0 Å². The van der Waals surface area contributed by atoms with E-state index in [9.17, 15) is 0 Å². The summed E-state index contributed by atoms with van der Waals surface area (Å²) in [7, 11) is 0. The third-order valence-electron chi connectivity index (χ3n) is 3.21. The Balaban J connectivity index is 2.23. The van der Waals surface area contributed by atoms with Crippen LogP contribution in [-0.4, -0.2) is 20.9 Å². The zero-order valence-electron chi connectivity index (χ0n) is 10.9. The van der Waals surface area contributed by atoms with Crippen LogP contribution in [0.15, 0.2) is 42.7 Å². The molecule has 0 aliphatic heterocycles. The molecule has 4 nitrogen and oxygen atoms in total. The summed E-state index contributed by atoms with van der Waals surface area (Å²) in [5.41, 5.74) is 9.74. The number of aromatic nitrogens is 3. The zero-order chi connectivity index (χ0) is 13.2. The minimum atomic E-state index is 0.608. The van der Waals surface area contributed by atoms with Crippen molar-refractivity contribution < 1.29 is 0 Å². The molecule has 2 N–H and O–H groups in total. The summed E-state index contributed by atoms with van der Waals surface area (Å²) in [5.74, 6) is 0.936. The number of rotatable bonds is 3. The van der Waals surface area contributed by atoms with Gasteiger partial charge in [0.1, 0.15) is 11.5 Å². The molecule has 0 aliphatic rings. The highest BCUT2D eigenvalue weighted by Gasteiger charge is 2.10. The summed E-state index contributed by atoms with van der Waals surface area (Å²) in [6.45, 7) is 2.59. The van der Waals surface area contributed by atoms with E-state index in [4.69, 9.17) is 5.73 Å². The lowest BCUT2D eigenvalue weighted by Gasteiger charge is -2.05. The Labute approximate surface area is 111 Å². The number of nitrogens with zero attached hydrogens (tertiary/aromatic N) is 3. The van der Waals surface area contributed by atoms with Gasteiger partial charge < -0.3 is 5.73 Å². The van der Waals surface area contributed by atoms with E-state index in [0.29, 0.717) is 6.54 Å². The van der Waals surface area contributed by atoms with Gasteiger partial charge in [0.15, 0.2) is 0 Å². The SMILES string of the molecule is Cc1ncc(-c2ccccc2)c2nc(CCN)cn12.